The number of carbonyl (C=O) groups is 2. The Hall–Kier alpha value is -2.08. The Kier molecular flexibility index (Phi) is 6.61. The number of hydrogen-bond donors (Lipinski definition) is 2. The second-order valence-corrected chi connectivity index (χ2v) is 5.89. The molecule has 124 valence electrons. The van der Waals surface area contributed by atoms with E-state index in [1.54, 1.807) is 42.5 Å². The molecule has 5 nitrogen and oxygen atoms in total. The molecule has 0 spiro atoms. The summed E-state index contributed by atoms with van der Waals surface area (Å²) in [5, 5.41) is 7.51. The monoisotopic (exact) mass is 383 g/mol. The number of hydrazone groups is 1. The third kappa shape index (κ3) is 5.23. The van der Waals surface area contributed by atoms with Crippen LogP contribution >= 0.6 is 34.8 Å². The lowest BCUT2D eigenvalue weighted by atomic mass is 10.2. The second-order valence-electron chi connectivity index (χ2n) is 4.64. The molecule has 0 saturated heterocycles. The molecule has 2 rings (SSSR count). The molecular weight excluding hydrogens is 373 g/mol. The first kappa shape index (κ1) is 18.3. The van der Waals surface area contributed by atoms with E-state index in [1.807, 2.05) is 0 Å². The van der Waals surface area contributed by atoms with Crippen molar-refractivity contribution in [1.29, 1.82) is 0 Å². The highest BCUT2D eigenvalue weighted by Crippen LogP contribution is 2.20. The predicted octanol–water partition coefficient (Wildman–Crippen LogP) is 3.41. The molecular formula is C16H12Cl3N3O2. The van der Waals surface area contributed by atoms with Crippen molar-refractivity contribution in [3.05, 3.63) is 68.7 Å². The number of nitrogens with one attached hydrogen (secondary N) is 2. The number of amides is 2. The van der Waals surface area contributed by atoms with Crippen LogP contribution in [0.1, 0.15) is 11.1 Å². The second kappa shape index (κ2) is 8.68. The van der Waals surface area contributed by atoms with Gasteiger partial charge in [-0.3, -0.25) is 9.59 Å². The third-order valence-electron chi connectivity index (χ3n) is 2.94. The summed E-state index contributed by atoms with van der Waals surface area (Å²) in [6.07, 6.45) is 1.35. The van der Waals surface area contributed by atoms with Gasteiger partial charge in [0.2, 0.25) is 0 Å². The van der Waals surface area contributed by atoms with Gasteiger partial charge < -0.3 is 5.32 Å². The topological polar surface area (TPSA) is 70.6 Å². The first-order valence-corrected chi connectivity index (χ1v) is 7.90. The van der Waals surface area contributed by atoms with E-state index in [1.165, 1.54) is 6.21 Å². The maximum atomic E-state index is 11.7. The smallest absolute Gasteiger partial charge is 0.329 e. The Balaban J connectivity index is 1.86. The van der Waals surface area contributed by atoms with Gasteiger partial charge in [0.1, 0.15) is 0 Å². The van der Waals surface area contributed by atoms with Crippen LogP contribution in [0.5, 0.6) is 0 Å². The molecule has 0 aliphatic carbocycles. The maximum Gasteiger partial charge on any atom is 0.329 e. The van der Waals surface area contributed by atoms with Gasteiger partial charge in [0.05, 0.1) is 6.21 Å². The Labute approximate surface area is 153 Å². The zero-order chi connectivity index (χ0) is 17.5. The fraction of sp³-hybridized carbons (Fsp3) is 0.0625. The summed E-state index contributed by atoms with van der Waals surface area (Å²) in [5.41, 5.74) is 3.38. The molecule has 2 amide bonds. The number of rotatable bonds is 4. The fourth-order valence-corrected chi connectivity index (χ4v) is 2.37. The molecule has 0 heterocycles. The minimum absolute atomic E-state index is 0.0937. The lowest BCUT2D eigenvalue weighted by Gasteiger charge is -2.06. The molecule has 2 N–H and O–H groups in total. The van der Waals surface area contributed by atoms with Gasteiger partial charge in [-0.25, -0.2) is 5.43 Å². The SMILES string of the molecule is O=C(NCc1ccc(Cl)cc1Cl)C(=O)N/N=C/c1ccccc1Cl. The van der Waals surface area contributed by atoms with Gasteiger partial charge in [-0.15, -0.1) is 0 Å². The van der Waals surface area contributed by atoms with Crippen molar-refractivity contribution in [2.45, 2.75) is 6.54 Å². The van der Waals surface area contributed by atoms with Crippen molar-refractivity contribution in [2.24, 2.45) is 5.10 Å². The van der Waals surface area contributed by atoms with Crippen molar-refractivity contribution < 1.29 is 9.59 Å². The quantitative estimate of drug-likeness (QED) is 0.482. The van der Waals surface area contributed by atoms with Crippen molar-refractivity contribution in [2.75, 3.05) is 0 Å². The minimum atomic E-state index is -0.900. The molecule has 0 saturated carbocycles. The van der Waals surface area contributed by atoms with Crippen LogP contribution in [0.3, 0.4) is 0 Å². The molecule has 0 atom stereocenters. The molecule has 0 bridgehead atoms. The number of benzene rings is 2. The lowest BCUT2D eigenvalue weighted by molar-refractivity contribution is -0.139. The molecule has 0 aliphatic heterocycles. The number of hydrogen-bond acceptors (Lipinski definition) is 3. The van der Waals surface area contributed by atoms with E-state index in [2.05, 4.69) is 15.8 Å². The van der Waals surface area contributed by atoms with E-state index >= 15 is 0 Å². The summed E-state index contributed by atoms with van der Waals surface area (Å²) in [4.78, 5) is 23.4. The summed E-state index contributed by atoms with van der Waals surface area (Å²) >= 11 is 17.7. The number of halogens is 3. The van der Waals surface area contributed by atoms with E-state index in [4.69, 9.17) is 34.8 Å². The highest BCUT2D eigenvalue weighted by atomic mass is 35.5. The normalized spacial score (nSPS) is 10.6. The average Bonchev–Trinajstić information content (AvgIpc) is 2.55. The zero-order valence-corrected chi connectivity index (χ0v) is 14.5. The van der Waals surface area contributed by atoms with Crippen LogP contribution in [0, 0.1) is 0 Å². The third-order valence-corrected chi connectivity index (χ3v) is 3.87. The van der Waals surface area contributed by atoms with E-state index in [9.17, 15) is 9.59 Å². The van der Waals surface area contributed by atoms with Gasteiger partial charge in [0.15, 0.2) is 0 Å². The van der Waals surface area contributed by atoms with E-state index < -0.39 is 11.8 Å². The fourth-order valence-electron chi connectivity index (χ4n) is 1.71. The largest absolute Gasteiger partial charge is 0.344 e. The first-order valence-electron chi connectivity index (χ1n) is 6.77. The predicted molar refractivity (Wildman–Crippen MR) is 95.5 cm³/mol. The van der Waals surface area contributed by atoms with Gasteiger partial charge in [-0.1, -0.05) is 59.1 Å². The molecule has 0 fully saturated rings. The van der Waals surface area contributed by atoms with Crippen LogP contribution in [0.25, 0.3) is 0 Å². The van der Waals surface area contributed by atoms with Gasteiger partial charge in [-0.2, -0.15) is 5.10 Å². The molecule has 0 aromatic heterocycles. The summed E-state index contributed by atoms with van der Waals surface area (Å²) in [6, 6.07) is 11.8. The van der Waals surface area contributed by atoms with Crippen molar-refractivity contribution in [3.8, 4) is 0 Å². The van der Waals surface area contributed by atoms with Gasteiger partial charge in [0, 0.05) is 27.2 Å². The molecule has 0 radical (unpaired) electrons. The Morgan fingerprint density at radius 1 is 1.00 bits per heavy atom. The van der Waals surface area contributed by atoms with Crippen LogP contribution in [0.4, 0.5) is 0 Å². The minimum Gasteiger partial charge on any atom is -0.344 e. The van der Waals surface area contributed by atoms with Gasteiger partial charge in [0.25, 0.3) is 0 Å². The molecule has 0 unspecified atom stereocenters. The summed E-state index contributed by atoms with van der Waals surface area (Å²) in [5.74, 6) is -1.74. The molecule has 2 aromatic carbocycles. The van der Waals surface area contributed by atoms with E-state index in [0.29, 0.717) is 26.2 Å². The number of carbonyl (C=O) groups excluding carboxylic acids is 2. The van der Waals surface area contributed by atoms with E-state index in [-0.39, 0.29) is 6.54 Å². The lowest BCUT2D eigenvalue weighted by Crippen LogP contribution is -2.37. The van der Waals surface area contributed by atoms with Crippen molar-refractivity contribution in [1.82, 2.24) is 10.7 Å². The zero-order valence-electron chi connectivity index (χ0n) is 12.2. The standard InChI is InChI=1S/C16H12Cl3N3O2/c17-12-6-5-11(14(19)7-12)8-20-15(23)16(24)22-21-9-10-3-1-2-4-13(10)18/h1-7,9H,8H2,(H,20,23)(H,22,24)/b21-9+. The first-order chi connectivity index (χ1) is 11.5. The molecule has 8 heteroatoms. The summed E-state index contributed by atoms with van der Waals surface area (Å²) in [6.45, 7) is 0.0937. The molecule has 0 aliphatic rings. The highest BCUT2D eigenvalue weighted by Gasteiger charge is 2.13. The van der Waals surface area contributed by atoms with Crippen LogP contribution in [-0.2, 0) is 16.1 Å². The maximum absolute atomic E-state index is 11.7. The highest BCUT2D eigenvalue weighted by molar-refractivity contribution is 6.36. The Bertz CT molecular complexity index is 794. The van der Waals surface area contributed by atoms with Crippen molar-refractivity contribution in [3.63, 3.8) is 0 Å². The van der Waals surface area contributed by atoms with Crippen LogP contribution in [0.15, 0.2) is 47.6 Å². The molecule has 2 aromatic rings. The Morgan fingerprint density at radius 2 is 1.75 bits per heavy atom. The number of nitrogens with zero attached hydrogens (tertiary/aromatic N) is 1. The summed E-state index contributed by atoms with van der Waals surface area (Å²) in [7, 11) is 0. The average molecular weight is 385 g/mol. The van der Waals surface area contributed by atoms with Crippen molar-refractivity contribution >= 4 is 52.8 Å². The Morgan fingerprint density at radius 3 is 2.46 bits per heavy atom. The van der Waals surface area contributed by atoms with Crippen LogP contribution in [0.2, 0.25) is 15.1 Å². The summed E-state index contributed by atoms with van der Waals surface area (Å²) < 4.78 is 0. The van der Waals surface area contributed by atoms with Crippen LogP contribution < -0.4 is 10.7 Å². The van der Waals surface area contributed by atoms with E-state index in [0.717, 1.165) is 0 Å². The molecule has 24 heavy (non-hydrogen) atoms. The van der Waals surface area contributed by atoms with Gasteiger partial charge >= 0.3 is 11.8 Å². The van der Waals surface area contributed by atoms with Crippen LogP contribution in [-0.4, -0.2) is 18.0 Å². The van der Waals surface area contributed by atoms with Gasteiger partial charge in [-0.05, 0) is 23.8 Å².